The Hall–Kier alpha value is -0.970. The van der Waals surface area contributed by atoms with Crippen molar-refractivity contribution < 1.29 is 9.53 Å². The van der Waals surface area contributed by atoms with E-state index in [0.717, 1.165) is 0 Å². The van der Waals surface area contributed by atoms with Crippen LogP contribution in [0.15, 0.2) is 17.6 Å². The van der Waals surface area contributed by atoms with Crippen molar-refractivity contribution in [2.24, 2.45) is 4.99 Å². The molecule has 0 aliphatic heterocycles. The summed E-state index contributed by atoms with van der Waals surface area (Å²) < 4.78 is 4.46. The number of allylic oxidation sites excluding steroid dienone is 1. The van der Waals surface area contributed by atoms with Crippen LogP contribution >= 0.6 is 15.9 Å². The number of carbonyl (C=O) groups is 1. The molecule has 1 N–H and O–H groups in total. The molecule has 0 saturated heterocycles. The molecule has 1 unspecified atom stereocenters. The molecule has 4 nitrogen and oxygen atoms in total. The molecule has 5 heteroatoms. The van der Waals surface area contributed by atoms with Crippen LogP contribution in [-0.4, -0.2) is 29.5 Å². The maximum Gasteiger partial charge on any atom is 0.358 e. The Morgan fingerprint density at radius 3 is 2.62 bits per heavy atom. The summed E-state index contributed by atoms with van der Waals surface area (Å²) in [5.41, 5.74) is -0.0694. The van der Waals surface area contributed by atoms with E-state index >= 15 is 0 Å². The molecule has 0 amide bonds. The third-order valence-electron chi connectivity index (χ3n) is 1.14. The normalized spacial score (nSPS) is 13.3. The van der Waals surface area contributed by atoms with E-state index in [4.69, 9.17) is 5.41 Å². The highest BCUT2D eigenvalue weighted by Crippen LogP contribution is 2.01. The third-order valence-corrected chi connectivity index (χ3v) is 1.35. The Kier molecular flexibility index (Phi) is 5.22. The second-order valence-corrected chi connectivity index (χ2v) is 3.49. The molecular weight excluding hydrogens is 236 g/mol. The summed E-state index contributed by atoms with van der Waals surface area (Å²) in [4.78, 5) is 14.7. The highest BCUT2D eigenvalue weighted by molar-refractivity contribution is 9.09. The van der Waals surface area contributed by atoms with Crippen LogP contribution in [0, 0.1) is 5.41 Å². The van der Waals surface area contributed by atoms with Crippen molar-refractivity contribution in [3.05, 3.63) is 12.7 Å². The molecule has 0 aromatic heterocycles. The number of nitrogens with one attached hydrogen (secondary N) is 1. The molecule has 0 rings (SSSR count). The third kappa shape index (κ3) is 3.98. The summed E-state index contributed by atoms with van der Waals surface area (Å²) in [6.45, 7) is 5.11. The minimum absolute atomic E-state index is 0.0260. The molecule has 0 aromatic rings. The summed E-state index contributed by atoms with van der Waals surface area (Å²) in [6.07, 6.45) is 1.24. The van der Waals surface area contributed by atoms with E-state index in [1.54, 1.807) is 6.92 Å². The van der Waals surface area contributed by atoms with Gasteiger partial charge < -0.3 is 4.74 Å². The first-order chi connectivity index (χ1) is 6.02. The Morgan fingerprint density at radius 2 is 2.31 bits per heavy atom. The van der Waals surface area contributed by atoms with E-state index in [0.29, 0.717) is 0 Å². The topological polar surface area (TPSA) is 62.5 Å². The van der Waals surface area contributed by atoms with Gasteiger partial charge >= 0.3 is 5.97 Å². The van der Waals surface area contributed by atoms with Crippen molar-refractivity contribution in [3.8, 4) is 0 Å². The summed E-state index contributed by atoms with van der Waals surface area (Å²) in [5, 5.41) is 7.35. The fourth-order valence-electron chi connectivity index (χ4n) is 0.603. The number of hydrogen-bond acceptors (Lipinski definition) is 4. The lowest BCUT2D eigenvalue weighted by molar-refractivity contribution is -0.132. The number of aliphatic imine (C=N–C) groups is 1. The van der Waals surface area contributed by atoms with Gasteiger partial charge in [0.15, 0.2) is 5.71 Å². The van der Waals surface area contributed by atoms with Crippen molar-refractivity contribution in [2.75, 3.05) is 7.11 Å². The van der Waals surface area contributed by atoms with Crippen molar-refractivity contribution in [2.45, 2.75) is 11.9 Å². The van der Waals surface area contributed by atoms with Crippen LogP contribution in [-0.2, 0) is 9.53 Å². The number of ether oxygens (including phenoxy) is 1. The van der Waals surface area contributed by atoms with Crippen LogP contribution < -0.4 is 0 Å². The van der Waals surface area contributed by atoms with Gasteiger partial charge in [0.2, 0.25) is 0 Å². The number of nitrogens with zero attached hydrogens (tertiary/aromatic N) is 1. The predicted octanol–water partition coefficient (Wildman–Crippen LogP) is 1.55. The van der Waals surface area contributed by atoms with E-state index in [9.17, 15) is 4.79 Å². The number of carbonyl (C=O) groups excluding carboxylic acids is 1. The van der Waals surface area contributed by atoms with Crippen molar-refractivity contribution in [3.63, 3.8) is 0 Å². The van der Waals surface area contributed by atoms with E-state index in [-0.39, 0.29) is 16.4 Å². The molecule has 0 fully saturated rings. The maximum atomic E-state index is 11.1. The molecule has 0 aromatic carbocycles. The molecule has 0 aliphatic carbocycles. The number of esters is 1. The molecule has 1 atom stereocenters. The van der Waals surface area contributed by atoms with Gasteiger partial charge in [0.05, 0.1) is 12.8 Å². The Labute approximate surface area is 85.3 Å². The standard InChI is InChI=1S/C8H11BrN2O2/c1-4-6(10)7(8(12)13-3)11-5(2)9/h4-5,10H,1H2,2-3H3. The Balaban J connectivity index is 4.86. The summed E-state index contributed by atoms with van der Waals surface area (Å²) in [6, 6.07) is 0. The highest BCUT2D eigenvalue weighted by atomic mass is 79.9. The van der Waals surface area contributed by atoms with E-state index in [2.05, 4.69) is 32.2 Å². The molecule has 13 heavy (non-hydrogen) atoms. The van der Waals surface area contributed by atoms with Crippen LogP contribution in [0.2, 0.25) is 0 Å². The smallest absolute Gasteiger partial charge is 0.358 e. The summed E-state index contributed by atoms with van der Waals surface area (Å²) >= 11 is 3.14. The van der Waals surface area contributed by atoms with Crippen molar-refractivity contribution >= 4 is 33.3 Å². The van der Waals surface area contributed by atoms with Gasteiger partial charge in [-0.05, 0) is 13.0 Å². The zero-order valence-electron chi connectivity index (χ0n) is 7.50. The lowest BCUT2D eigenvalue weighted by atomic mass is 10.2. The van der Waals surface area contributed by atoms with Gasteiger partial charge in [-0.3, -0.25) is 10.4 Å². The number of halogens is 1. The molecule has 0 radical (unpaired) electrons. The molecule has 0 saturated carbocycles. The fraction of sp³-hybridized carbons (Fsp3) is 0.375. The SMILES string of the molecule is C=CC(=N)C(=NC(C)Br)C(=O)OC. The molecule has 0 heterocycles. The largest absolute Gasteiger partial charge is 0.464 e. The molecule has 0 spiro atoms. The minimum Gasteiger partial charge on any atom is -0.464 e. The van der Waals surface area contributed by atoms with Crippen LogP contribution in [0.3, 0.4) is 0 Å². The predicted molar refractivity (Wildman–Crippen MR) is 55.8 cm³/mol. The Morgan fingerprint density at radius 1 is 1.77 bits per heavy atom. The molecule has 72 valence electrons. The summed E-state index contributed by atoms with van der Waals surface area (Å²) in [5.74, 6) is -0.629. The average molecular weight is 247 g/mol. The number of methoxy groups -OCH3 is 1. The van der Waals surface area contributed by atoms with Gasteiger partial charge in [-0.15, -0.1) is 0 Å². The van der Waals surface area contributed by atoms with Crippen LogP contribution in [0.4, 0.5) is 0 Å². The quantitative estimate of drug-likeness (QED) is 0.354. The highest BCUT2D eigenvalue weighted by Gasteiger charge is 2.15. The fourth-order valence-corrected chi connectivity index (χ4v) is 0.808. The van der Waals surface area contributed by atoms with Gasteiger partial charge in [0.1, 0.15) is 4.95 Å². The number of alkyl halides is 1. The lowest BCUT2D eigenvalue weighted by Gasteiger charge is -2.03. The van der Waals surface area contributed by atoms with Gasteiger partial charge in [-0.25, -0.2) is 4.79 Å². The van der Waals surface area contributed by atoms with Crippen LogP contribution in [0.25, 0.3) is 0 Å². The first-order valence-corrected chi connectivity index (χ1v) is 4.46. The van der Waals surface area contributed by atoms with Crippen molar-refractivity contribution in [1.29, 1.82) is 5.41 Å². The van der Waals surface area contributed by atoms with E-state index < -0.39 is 5.97 Å². The van der Waals surface area contributed by atoms with Crippen LogP contribution in [0.5, 0.6) is 0 Å². The van der Waals surface area contributed by atoms with Gasteiger partial charge in [-0.2, -0.15) is 0 Å². The zero-order chi connectivity index (χ0) is 10.4. The summed E-state index contributed by atoms with van der Waals surface area (Å²) in [7, 11) is 1.24. The average Bonchev–Trinajstić information content (AvgIpc) is 2.11. The first-order valence-electron chi connectivity index (χ1n) is 3.54. The zero-order valence-corrected chi connectivity index (χ0v) is 9.09. The van der Waals surface area contributed by atoms with E-state index in [1.807, 2.05) is 0 Å². The van der Waals surface area contributed by atoms with Gasteiger partial charge in [-0.1, -0.05) is 22.5 Å². The first kappa shape index (κ1) is 12.0. The number of hydrogen-bond donors (Lipinski definition) is 1. The minimum atomic E-state index is -0.629. The van der Waals surface area contributed by atoms with Crippen LogP contribution in [0.1, 0.15) is 6.92 Å². The van der Waals surface area contributed by atoms with Crippen molar-refractivity contribution in [1.82, 2.24) is 0 Å². The number of rotatable bonds is 4. The van der Waals surface area contributed by atoms with Gasteiger partial charge in [0.25, 0.3) is 0 Å². The lowest BCUT2D eigenvalue weighted by Crippen LogP contribution is -2.24. The van der Waals surface area contributed by atoms with Gasteiger partial charge in [0, 0.05) is 0 Å². The second kappa shape index (κ2) is 5.64. The van der Waals surface area contributed by atoms with E-state index in [1.165, 1.54) is 13.2 Å². The molecule has 0 aliphatic rings. The molecular formula is C8H11BrN2O2. The Bertz CT molecular complexity index is 259. The maximum absolute atomic E-state index is 11.1. The second-order valence-electron chi connectivity index (χ2n) is 2.16. The molecule has 0 bridgehead atoms. The monoisotopic (exact) mass is 246 g/mol.